The number of carbonyl (C=O) groups excluding carboxylic acids is 1. The number of anilines is 1. The Morgan fingerprint density at radius 3 is 2.33 bits per heavy atom. The molecule has 0 bridgehead atoms. The van der Waals surface area contributed by atoms with Crippen LogP contribution >= 0.6 is 0 Å². The minimum atomic E-state index is -3.50. The summed E-state index contributed by atoms with van der Waals surface area (Å²) in [6.45, 7) is 7.33. The third-order valence-corrected chi connectivity index (χ3v) is 7.49. The van der Waals surface area contributed by atoms with E-state index in [4.69, 9.17) is 0 Å². The van der Waals surface area contributed by atoms with Crippen LogP contribution in [0.5, 0.6) is 0 Å². The van der Waals surface area contributed by atoms with E-state index >= 15 is 0 Å². The van der Waals surface area contributed by atoms with Gasteiger partial charge in [-0.25, -0.2) is 8.42 Å². The first-order chi connectivity index (χ1) is 12.9. The smallest absolute Gasteiger partial charge is 0.243 e. The third-order valence-electron chi connectivity index (χ3n) is 5.59. The first kappa shape index (κ1) is 20.3. The van der Waals surface area contributed by atoms with E-state index < -0.39 is 10.0 Å². The van der Waals surface area contributed by atoms with E-state index in [9.17, 15) is 13.2 Å². The summed E-state index contributed by atoms with van der Waals surface area (Å²) in [4.78, 5) is 14.9. The lowest BCUT2D eigenvalue weighted by molar-refractivity contribution is -0.120. The van der Waals surface area contributed by atoms with Crippen molar-refractivity contribution in [1.82, 2.24) is 4.31 Å². The first-order valence-corrected chi connectivity index (χ1v) is 11.8. The van der Waals surface area contributed by atoms with Gasteiger partial charge in [-0.1, -0.05) is 26.7 Å². The maximum atomic E-state index is 13.2. The van der Waals surface area contributed by atoms with E-state index in [0.717, 1.165) is 56.2 Å². The molecule has 0 saturated heterocycles. The van der Waals surface area contributed by atoms with Crippen LogP contribution in [0, 0.1) is 5.92 Å². The maximum absolute atomic E-state index is 13.2. The fourth-order valence-electron chi connectivity index (χ4n) is 3.80. The van der Waals surface area contributed by atoms with Crippen molar-refractivity contribution in [2.75, 3.05) is 18.0 Å². The summed E-state index contributed by atoms with van der Waals surface area (Å²) in [6.07, 6.45) is 6.36. The van der Waals surface area contributed by atoms with Crippen LogP contribution in [0.2, 0.25) is 0 Å². The van der Waals surface area contributed by atoms with Crippen molar-refractivity contribution in [2.24, 2.45) is 5.92 Å². The molecule has 1 aliphatic carbocycles. The molecule has 2 aliphatic rings. The molecule has 1 aliphatic heterocycles. The largest absolute Gasteiger partial charge is 0.309 e. The van der Waals surface area contributed by atoms with Gasteiger partial charge in [0.05, 0.1) is 4.90 Å². The highest BCUT2D eigenvalue weighted by Crippen LogP contribution is 2.39. The van der Waals surface area contributed by atoms with Gasteiger partial charge in [0.1, 0.15) is 0 Å². The van der Waals surface area contributed by atoms with Crippen LogP contribution in [-0.2, 0) is 21.2 Å². The highest BCUT2D eigenvalue weighted by Gasteiger charge is 2.40. The Labute approximate surface area is 163 Å². The van der Waals surface area contributed by atoms with Gasteiger partial charge in [-0.2, -0.15) is 4.31 Å². The van der Waals surface area contributed by atoms with Crippen molar-refractivity contribution in [1.29, 1.82) is 0 Å². The zero-order valence-electron chi connectivity index (χ0n) is 16.8. The van der Waals surface area contributed by atoms with Gasteiger partial charge in [-0.3, -0.25) is 4.79 Å². The molecule has 150 valence electrons. The molecule has 0 unspecified atom stereocenters. The van der Waals surface area contributed by atoms with Gasteiger partial charge >= 0.3 is 0 Å². The number of carbonyl (C=O) groups is 1. The number of fused-ring (bicyclic) bond motifs is 1. The molecule has 0 radical (unpaired) electrons. The summed E-state index contributed by atoms with van der Waals surface area (Å²) in [5, 5.41) is 0. The van der Waals surface area contributed by atoms with E-state index in [0.29, 0.717) is 18.0 Å². The molecule has 1 aromatic carbocycles. The summed E-state index contributed by atoms with van der Waals surface area (Å²) in [5.74, 6) is 0.366. The number of rotatable bonds is 9. The summed E-state index contributed by atoms with van der Waals surface area (Å²) in [7, 11) is -3.50. The zero-order valence-corrected chi connectivity index (χ0v) is 17.6. The second kappa shape index (κ2) is 8.31. The number of hydrogen-bond donors (Lipinski definition) is 0. The van der Waals surface area contributed by atoms with Crippen LogP contribution in [-0.4, -0.2) is 37.8 Å². The molecular formula is C21H32N2O3S. The number of sulfonamides is 1. The first-order valence-electron chi connectivity index (χ1n) is 10.4. The van der Waals surface area contributed by atoms with Crippen LogP contribution in [0.1, 0.15) is 64.9 Å². The Morgan fingerprint density at radius 2 is 1.78 bits per heavy atom. The lowest BCUT2D eigenvalue weighted by atomic mass is 10.1. The van der Waals surface area contributed by atoms with Gasteiger partial charge < -0.3 is 4.90 Å². The molecule has 1 atom stereocenters. The average Bonchev–Trinajstić information content (AvgIpc) is 3.43. The lowest BCUT2D eigenvalue weighted by Gasteiger charge is -2.24. The van der Waals surface area contributed by atoms with Crippen molar-refractivity contribution in [3.63, 3.8) is 0 Å². The Bertz CT molecular complexity index is 779. The molecule has 1 saturated carbocycles. The van der Waals surface area contributed by atoms with E-state index in [-0.39, 0.29) is 17.9 Å². The van der Waals surface area contributed by atoms with E-state index in [1.807, 2.05) is 17.9 Å². The lowest BCUT2D eigenvalue weighted by Crippen LogP contribution is -2.36. The monoisotopic (exact) mass is 392 g/mol. The maximum Gasteiger partial charge on any atom is 0.243 e. The van der Waals surface area contributed by atoms with E-state index in [1.165, 1.54) is 0 Å². The number of nitrogens with zero attached hydrogens (tertiary/aromatic N) is 2. The summed E-state index contributed by atoms with van der Waals surface area (Å²) >= 11 is 0. The number of unbranched alkanes of at least 4 members (excludes halogenated alkanes) is 2. The zero-order chi connectivity index (χ0) is 19.6. The summed E-state index contributed by atoms with van der Waals surface area (Å²) in [5.41, 5.74) is 1.87. The third kappa shape index (κ3) is 4.21. The van der Waals surface area contributed by atoms with Gasteiger partial charge in [0.15, 0.2) is 0 Å². The van der Waals surface area contributed by atoms with Gasteiger partial charge in [-0.15, -0.1) is 0 Å². The number of amides is 1. The molecule has 6 heteroatoms. The van der Waals surface area contributed by atoms with Gasteiger partial charge in [0, 0.05) is 30.7 Å². The SMILES string of the molecule is CCCCN(CCCC)S(=O)(=O)c1ccc2c(c1)C[C@H](C)N2C(=O)C1CC1. The molecule has 5 nitrogen and oxygen atoms in total. The molecule has 1 fully saturated rings. The van der Waals surface area contributed by atoms with Crippen LogP contribution in [0.25, 0.3) is 0 Å². The fourth-order valence-corrected chi connectivity index (χ4v) is 5.37. The second-order valence-corrected chi connectivity index (χ2v) is 9.88. The standard InChI is InChI=1S/C21H32N2O3S/c1-4-6-12-22(13-7-5-2)27(25,26)19-10-11-20-18(15-19)14-16(3)23(20)21(24)17-8-9-17/h10-11,15-17H,4-9,12-14H2,1-3H3/t16-/m0/s1. The molecule has 0 N–H and O–H groups in total. The summed E-state index contributed by atoms with van der Waals surface area (Å²) < 4.78 is 28.0. The molecule has 1 amide bonds. The molecule has 3 rings (SSSR count). The minimum Gasteiger partial charge on any atom is -0.309 e. The normalized spacial score (nSPS) is 19.6. The number of benzene rings is 1. The Kier molecular flexibility index (Phi) is 6.26. The predicted octanol–water partition coefficient (Wildman–Crippen LogP) is 3.97. The molecule has 0 spiro atoms. The quantitative estimate of drug-likeness (QED) is 0.639. The second-order valence-electron chi connectivity index (χ2n) is 7.94. The van der Waals surface area contributed by atoms with Crippen molar-refractivity contribution >= 4 is 21.6 Å². The van der Waals surface area contributed by atoms with E-state index in [2.05, 4.69) is 13.8 Å². The Morgan fingerprint density at radius 1 is 1.15 bits per heavy atom. The van der Waals surface area contributed by atoms with Crippen molar-refractivity contribution < 1.29 is 13.2 Å². The minimum absolute atomic E-state index is 0.0994. The topological polar surface area (TPSA) is 57.7 Å². The average molecular weight is 393 g/mol. The summed E-state index contributed by atoms with van der Waals surface area (Å²) in [6, 6.07) is 5.42. The molecule has 1 heterocycles. The highest BCUT2D eigenvalue weighted by molar-refractivity contribution is 7.89. The molecule has 27 heavy (non-hydrogen) atoms. The molecular weight excluding hydrogens is 360 g/mol. The van der Waals surface area contributed by atoms with Crippen LogP contribution < -0.4 is 4.90 Å². The Balaban J connectivity index is 1.86. The number of hydrogen-bond acceptors (Lipinski definition) is 3. The van der Waals surface area contributed by atoms with Gasteiger partial charge in [0.2, 0.25) is 15.9 Å². The van der Waals surface area contributed by atoms with Gasteiger partial charge in [-0.05, 0) is 62.8 Å². The van der Waals surface area contributed by atoms with Crippen molar-refractivity contribution in [3.05, 3.63) is 23.8 Å². The highest BCUT2D eigenvalue weighted by atomic mass is 32.2. The van der Waals surface area contributed by atoms with Crippen molar-refractivity contribution in [3.8, 4) is 0 Å². The van der Waals surface area contributed by atoms with E-state index in [1.54, 1.807) is 16.4 Å². The van der Waals surface area contributed by atoms with Crippen LogP contribution in [0.3, 0.4) is 0 Å². The molecule has 0 aromatic heterocycles. The van der Waals surface area contributed by atoms with Crippen LogP contribution in [0.15, 0.2) is 23.1 Å². The predicted molar refractivity (Wildman–Crippen MR) is 108 cm³/mol. The van der Waals surface area contributed by atoms with Crippen molar-refractivity contribution in [2.45, 2.75) is 76.7 Å². The van der Waals surface area contributed by atoms with Crippen LogP contribution in [0.4, 0.5) is 5.69 Å². The molecule has 1 aromatic rings. The van der Waals surface area contributed by atoms with Gasteiger partial charge in [0.25, 0.3) is 0 Å². The fraction of sp³-hybridized carbons (Fsp3) is 0.667. The Hall–Kier alpha value is -1.40.